The van der Waals surface area contributed by atoms with Crippen LogP contribution in [0.5, 0.6) is 0 Å². The minimum Gasteiger partial charge on any atom is -0.444 e. The van der Waals surface area contributed by atoms with Gasteiger partial charge in [-0.2, -0.15) is 5.10 Å². The van der Waals surface area contributed by atoms with Crippen molar-refractivity contribution >= 4 is 29.4 Å². The number of carbonyl (C=O) groups is 1. The maximum absolute atomic E-state index is 12.7. The van der Waals surface area contributed by atoms with Crippen LogP contribution in [0.2, 0.25) is 0 Å². The van der Waals surface area contributed by atoms with Gasteiger partial charge >= 0.3 is 6.09 Å². The number of H-pyrrole nitrogens is 1. The number of aromatic nitrogens is 3. The van der Waals surface area contributed by atoms with Crippen molar-refractivity contribution in [2.24, 2.45) is 5.10 Å². The van der Waals surface area contributed by atoms with Crippen molar-refractivity contribution in [3.63, 3.8) is 0 Å². The Morgan fingerprint density at radius 1 is 1.30 bits per heavy atom. The lowest BCUT2D eigenvalue weighted by atomic mass is 10.1. The Hall–Kier alpha value is -3.88. The summed E-state index contributed by atoms with van der Waals surface area (Å²) in [4.78, 5) is 33.6. The van der Waals surface area contributed by atoms with Crippen LogP contribution in [0.1, 0.15) is 33.3 Å². The van der Waals surface area contributed by atoms with Crippen molar-refractivity contribution in [2.75, 3.05) is 13.1 Å². The molecule has 1 aromatic carbocycles. The number of rotatable bonds is 5. The van der Waals surface area contributed by atoms with E-state index in [-0.39, 0.29) is 17.7 Å². The molecule has 33 heavy (non-hydrogen) atoms. The van der Waals surface area contributed by atoms with Crippen molar-refractivity contribution in [2.45, 2.75) is 39.3 Å². The molecule has 1 fully saturated rings. The average molecular weight is 449 g/mol. The fourth-order valence-electron chi connectivity index (χ4n) is 3.78. The zero-order chi connectivity index (χ0) is 23.8. The van der Waals surface area contributed by atoms with Gasteiger partial charge in [-0.05, 0) is 45.4 Å². The number of nitrogens with one attached hydrogen (secondary N) is 1. The van der Waals surface area contributed by atoms with Crippen molar-refractivity contribution < 1.29 is 9.53 Å². The lowest BCUT2D eigenvalue weighted by Gasteiger charge is -2.43. The lowest BCUT2D eigenvalue weighted by Crippen LogP contribution is -2.59. The van der Waals surface area contributed by atoms with Crippen molar-refractivity contribution in [3.05, 3.63) is 65.0 Å². The zero-order valence-electron chi connectivity index (χ0n) is 19.3. The maximum Gasteiger partial charge on any atom is 0.410 e. The molecule has 0 bridgehead atoms. The van der Waals surface area contributed by atoms with Gasteiger partial charge in [-0.3, -0.25) is 9.80 Å². The molecular weight excluding hydrogens is 420 g/mol. The van der Waals surface area contributed by atoms with Crippen LogP contribution in [0.4, 0.5) is 4.79 Å². The monoisotopic (exact) mass is 448 g/mol. The summed E-state index contributed by atoms with van der Waals surface area (Å²) >= 11 is 0. The molecule has 172 valence electrons. The molecule has 9 nitrogen and oxygen atoms in total. The first-order valence-electron chi connectivity index (χ1n) is 10.7. The number of hydrogen-bond acceptors (Lipinski definition) is 6. The van der Waals surface area contributed by atoms with E-state index in [0.29, 0.717) is 24.1 Å². The van der Waals surface area contributed by atoms with Gasteiger partial charge in [-0.15, -0.1) is 0 Å². The Balaban J connectivity index is 1.61. The molecule has 3 aromatic rings. The number of hydrazone groups is 1. The first kappa shape index (κ1) is 22.3. The molecule has 9 heteroatoms. The second-order valence-electron chi connectivity index (χ2n) is 9.05. The van der Waals surface area contributed by atoms with Gasteiger partial charge in [-0.1, -0.05) is 18.2 Å². The van der Waals surface area contributed by atoms with Gasteiger partial charge in [0.1, 0.15) is 5.60 Å². The molecular formula is C24H28N6O3. The van der Waals surface area contributed by atoms with Crippen LogP contribution < -0.4 is 5.56 Å². The van der Waals surface area contributed by atoms with Crippen LogP contribution in [-0.2, 0) is 4.74 Å². The summed E-state index contributed by atoms with van der Waals surface area (Å²) < 4.78 is 7.32. The van der Waals surface area contributed by atoms with Crippen LogP contribution in [0.3, 0.4) is 0 Å². The summed E-state index contributed by atoms with van der Waals surface area (Å²) in [6.45, 7) is 12.1. The summed E-state index contributed by atoms with van der Waals surface area (Å²) in [5, 5.41) is 6.36. The fourth-order valence-corrected chi connectivity index (χ4v) is 3.78. The minimum absolute atomic E-state index is 0.0242. The van der Waals surface area contributed by atoms with E-state index >= 15 is 0 Å². The third kappa shape index (κ3) is 4.52. The average Bonchev–Trinajstić information content (AvgIpc) is 3.12. The molecule has 1 aliphatic rings. The molecule has 1 N–H and O–H groups in total. The summed E-state index contributed by atoms with van der Waals surface area (Å²) in [5.74, 6) is 0. The number of hydrogen-bond donors (Lipinski definition) is 1. The van der Waals surface area contributed by atoms with Crippen LogP contribution in [-0.4, -0.2) is 62.0 Å². The number of ether oxygens (including phenoxy) is 1. The van der Waals surface area contributed by atoms with E-state index in [0.717, 1.165) is 16.8 Å². The van der Waals surface area contributed by atoms with Crippen LogP contribution >= 0.6 is 0 Å². The van der Waals surface area contributed by atoms with Gasteiger partial charge in [0.05, 0.1) is 17.8 Å². The number of likely N-dealkylation sites (tertiary alicyclic amines) is 1. The molecule has 1 amide bonds. The predicted octanol–water partition coefficient (Wildman–Crippen LogP) is 3.61. The Labute approximate surface area is 192 Å². The molecule has 0 radical (unpaired) electrons. The molecule has 1 aliphatic heterocycles. The highest BCUT2D eigenvalue weighted by atomic mass is 16.6. The normalized spacial score (nSPS) is 14.8. The van der Waals surface area contributed by atoms with Gasteiger partial charge < -0.3 is 19.2 Å². The second kappa shape index (κ2) is 8.57. The molecule has 0 aliphatic carbocycles. The Kier molecular flexibility index (Phi) is 5.80. The highest BCUT2D eigenvalue weighted by Crippen LogP contribution is 2.28. The molecule has 1 saturated heterocycles. The van der Waals surface area contributed by atoms with E-state index in [1.54, 1.807) is 9.91 Å². The number of aromatic amines is 1. The standard InChI is InChI=1S/C24H28N6O3/c1-16(11-30(25-5)18-12-28(13-18)23(32)33-24(2,3)4)19-14-29(17-9-7-6-8-10-17)21-20(19)22(31)27-15-26-21/h6-11,14-15,18H,5,12-13H2,1-4H3,(H,26,27,31)/b16-11+. The molecule has 2 aromatic heterocycles. The van der Waals surface area contributed by atoms with Crippen LogP contribution in [0, 0.1) is 0 Å². The number of carbonyl (C=O) groups excluding carboxylic acids is 1. The smallest absolute Gasteiger partial charge is 0.410 e. The Morgan fingerprint density at radius 3 is 2.64 bits per heavy atom. The summed E-state index contributed by atoms with van der Waals surface area (Å²) in [6, 6.07) is 9.71. The molecule has 3 heterocycles. The summed E-state index contributed by atoms with van der Waals surface area (Å²) in [6.07, 6.45) is 4.82. The van der Waals surface area contributed by atoms with E-state index in [9.17, 15) is 9.59 Å². The first-order valence-corrected chi connectivity index (χ1v) is 10.7. The van der Waals surface area contributed by atoms with Crippen molar-refractivity contribution in [1.82, 2.24) is 24.4 Å². The van der Waals surface area contributed by atoms with E-state index in [4.69, 9.17) is 4.74 Å². The van der Waals surface area contributed by atoms with E-state index in [1.807, 2.05) is 75.0 Å². The third-order valence-corrected chi connectivity index (χ3v) is 5.43. The van der Waals surface area contributed by atoms with E-state index in [2.05, 4.69) is 21.8 Å². The minimum atomic E-state index is -0.539. The largest absolute Gasteiger partial charge is 0.444 e. The maximum atomic E-state index is 12.7. The fraction of sp³-hybridized carbons (Fsp3) is 0.333. The van der Waals surface area contributed by atoms with Gasteiger partial charge in [0.2, 0.25) is 0 Å². The molecule has 4 rings (SSSR count). The Morgan fingerprint density at radius 2 is 2.00 bits per heavy atom. The third-order valence-electron chi connectivity index (χ3n) is 5.43. The zero-order valence-corrected chi connectivity index (χ0v) is 19.3. The number of benzene rings is 1. The first-order chi connectivity index (χ1) is 15.7. The van der Waals surface area contributed by atoms with Crippen LogP contribution in [0.25, 0.3) is 22.3 Å². The summed E-state index contributed by atoms with van der Waals surface area (Å²) in [7, 11) is 0. The van der Waals surface area contributed by atoms with E-state index < -0.39 is 5.60 Å². The van der Waals surface area contributed by atoms with Crippen molar-refractivity contribution in [3.8, 4) is 5.69 Å². The van der Waals surface area contributed by atoms with Gasteiger partial charge in [-0.25, -0.2) is 9.78 Å². The Bertz CT molecular complexity index is 1260. The number of fused-ring (bicyclic) bond motifs is 1. The van der Waals surface area contributed by atoms with Crippen LogP contribution in [0.15, 0.2) is 59.0 Å². The second-order valence-corrected chi connectivity index (χ2v) is 9.05. The van der Waals surface area contributed by atoms with Crippen molar-refractivity contribution in [1.29, 1.82) is 0 Å². The SMILES string of the molecule is C=NN(/C=C(\C)c1cn(-c2ccccc2)c2nc[nH]c(=O)c12)C1CN(C(=O)OC(C)(C)C)C1. The molecule has 0 unspecified atom stereocenters. The van der Waals surface area contributed by atoms with Gasteiger partial charge in [0.15, 0.2) is 5.65 Å². The molecule has 0 saturated carbocycles. The molecule has 0 atom stereocenters. The number of para-hydroxylation sites is 1. The quantitative estimate of drug-likeness (QED) is 0.475. The number of nitrogens with zero attached hydrogens (tertiary/aromatic N) is 5. The topological polar surface area (TPSA) is 95.8 Å². The highest BCUT2D eigenvalue weighted by molar-refractivity contribution is 5.91. The van der Waals surface area contributed by atoms with Gasteiger partial charge in [0, 0.05) is 43.5 Å². The van der Waals surface area contributed by atoms with E-state index in [1.165, 1.54) is 6.33 Å². The lowest BCUT2D eigenvalue weighted by molar-refractivity contribution is -0.00713. The number of allylic oxidation sites excluding steroid dienone is 1. The highest BCUT2D eigenvalue weighted by Gasteiger charge is 2.36. The summed E-state index contributed by atoms with van der Waals surface area (Å²) in [5.41, 5.74) is 2.31. The molecule has 0 spiro atoms. The van der Waals surface area contributed by atoms with Gasteiger partial charge in [0.25, 0.3) is 5.56 Å². The predicted molar refractivity (Wildman–Crippen MR) is 128 cm³/mol. The number of amides is 1.